The van der Waals surface area contributed by atoms with Gasteiger partial charge in [-0.05, 0) is 36.6 Å². The van der Waals surface area contributed by atoms with E-state index in [1.54, 1.807) is 0 Å². The van der Waals surface area contributed by atoms with Crippen molar-refractivity contribution in [3.8, 4) is 0 Å². The Bertz CT molecular complexity index is 1210. The number of hydrogen-bond donors (Lipinski definition) is 3. The molecular weight excluding hydrogens is 432 g/mol. The lowest BCUT2D eigenvalue weighted by Gasteiger charge is -2.33. The molecule has 3 aromatic rings. The Morgan fingerprint density at radius 1 is 1.24 bits per heavy atom. The number of hydrogen-bond acceptors (Lipinski definition) is 6. The van der Waals surface area contributed by atoms with Crippen LogP contribution in [0.2, 0.25) is 0 Å². The van der Waals surface area contributed by atoms with E-state index in [1.165, 1.54) is 0 Å². The minimum atomic E-state index is -0.537. The second-order valence-corrected chi connectivity index (χ2v) is 8.44. The third-order valence-corrected chi connectivity index (χ3v) is 6.18. The fourth-order valence-electron chi connectivity index (χ4n) is 4.20. The molecule has 8 nitrogen and oxygen atoms in total. The smallest absolute Gasteiger partial charge is 0.407 e. The van der Waals surface area contributed by atoms with E-state index in [0.717, 1.165) is 16.7 Å². The molecule has 34 heavy (non-hydrogen) atoms. The highest BCUT2D eigenvalue weighted by molar-refractivity contribution is 5.97. The van der Waals surface area contributed by atoms with Crippen molar-refractivity contribution in [2.75, 3.05) is 0 Å². The van der Waals surface area contributed by atoms with Crippen molar-refractivity contribution >= 4 is 23.0 Å². The molecule has 0 bridgehead atoms. The van der Waals surface area contributed by atoms with Gasteiger partial charge in [0, 0.05) is 5.92 Å². The number of nitrogens with two attached hydrogens (primary N) is 1. The van der Waals surface area contributed by atoms with E-state index in [9.17, 15) is 4.79 Å². The van der Waals surface area contributed by atoms with Crippen LogP contribution in [0.25, 0.3) is 11.1 Å². The minimum Gasteiger partial charge on any atom is -0.445 e. The summed E-state index contributed by atoms with van der Waals surface area (Å²) in [4.78, 5) is 17.5. The van der Waals surface area contributed by atoms with Crippen molar-refractivity contribution in [3.63, 3.8) is 0 Å². The Hall–Kier alpha value is -4.07. The number of amidine groups is 1. The Balaban J connectivity index is 1.59. The normalized spacial score (nSPS) is 18.1. The molecule has 3 atom stereocenters. The number of oxime groups is 1. The number of benzene rings is 2. The molecule has 176 valence electrons. The molecule has 1 aliphatic carbocycles. The first kappa shape index (κ1) is 23.1. The van der Waals surface area contributed by atoms with E-state index >= 15 is 0 Å². The van der Waals surface area contributed by atoms with Crippen molar-refractivity contribution < 1.29 is 19.2 Å². The first-order valence-electron chi connectivity index (χ1n) is 11.1. The number of carbonyl (C=O) groups excluding carboxylic acids is 1. The summed E-state index contributed by atoms with van der Waals surface area (Å²) in [6.45, 7) is 4.11. The predicted octanol–water partition coefficient (Wildman–Crippen LogP) is 4.87. The summed E-state index contributed by atoms with van der Waals surface area (Å²) >= 11 is 0. The number of nitrogens with one attached hydrogen (secondary N) is 1. The second kappa shape index (κ2) is 10.2. The molecule has 0 fully saturated rings. The maximum absolute atomic E-state index is 12.8. The summed E-state index contributed by atoms with van der Waals surface area (Å²) in [5.41, 5.74) is 9.93. The summed E-state index contributed by atoms with van der Waals surface area (Å²) in [6, 6.07) is 16.6. The predicted molar refractivity (Wildman–Crippen MR) is 129 cm³/mol. The molecule has 0 saturated heterocycles. The molecule has 2 unspecified atom stereocenters. The number of para-hydroxylation sites is 2. The van der Waals surface area contributed by atoms with E-state index in [0.29, 0.717) is 23.5 Å². The lowest BCUT2D eigenvalue weighted by Crippen LogP contribution is -2.45. The maximum Gasteiger partial charge on any atom is 0.407 e. The van der Waals surface area contributed by atoms with Crippen LogP contribution in [0.3, 0.4) is 0 Å². The number of allylic oxidation sites excluding steroid dienone is 2. The van der Waals surface area contributed by atoms with Crippen LogP contribution in [0.5, 0.6) is 0 Å². The number of amides is 1. The van der Waals surface area contributed by atoms with Gasteiger partial charge in [0.15, 0.2) is 17.3 Å². The quantitative estimate of drug-likeness (QED) is 0.200. The van der Waals surface area contributed by atoms with Gasteiger partial charge < -0.3 is 25.4 Å². The summed E-state index contributed by atoms with van der Waals surface area (Å²) in [5, 5.41) is 15.3. The zero-order valence-electron chi connectivity index (χ0n) is 19.1. The van der Waals surface area contributed by atoms with Crippen molar-refractivity contribution in [1.29, 1.82) is 0 Å². The first-order chi connectivity index (χ1) is 16.5. The number of carbonyl (C=O) groups is 1. The second-order valence-electron chi connectivity index (χ2n) is 8.44. The highest BCUT2D eigenvalue weighted by atomic mass is 16.5. The zero-order chi connectivity index (χ0) is 24.1. The fraction of sp³-hybridized carbons (Fsp3) is 0.269. The number of rotatable bonds is 7. The molecule has 8 heteroatoms. The van der Waals surface area contributed by atoms with Gasteiger partial charge in [-0.25, -0.2) is 9.78 Å². The van der Waals surface area contributed by atoms with Gasteiger partial charge in [-0.3, -0.25) is 0 Å². The highest BCUT2D eigenvalue weighted by Crippen LogP contribution is 2.35. The third kappa shape index (κ3) is 5.11. The number of alkyl carbamates (subject to hydrolysis) is 1. The number of nitrogens with zero attached hydrogens (tertiary/aromatic N) is 2. The fourth-order valence-corrected chi connectivity index (χ4v) is 4.20. The Morgan fingerprint density at radius 3 is 2.71 bits per heavy atom. The monoisotopic (exact) mass is 460 g/mol. The molecular formula is C26H28N4O4. The van der Waals surface area contributed by atoms with Gasteiger partial charge in [0.2, 0.25) is 0 Å². The molecule has 0 saturated carbocycles. The van der Waals surface area contributed by atoms with Crippen LogP contribution in [0.4, 0.5) is 4.79 Å². The zero-order valence-corrected chi connectivity index (χ0v) is 19.1. The van der Waals surface area contributed by atoms with E-state index in [2.05, 4.69) is 15.5 Å². The summed E-state index contributed by atoms with van der Waals surface area (Å²) in [5.74, 6) is 0.141. The van der Waals surface area contributed by atoms with Gasteiger partial charge in [0.25, 0.3) is 0 Å². The maximum atomic E-state index is 12.8. The van der Waals surface area contributed by atoms with Crippen molar-refractivity contribution in [2.24, 2.45) is 16.8 Å². The molecule has 1 aliphatic rings. The van der Waals surface area contributed by atoms with Crippen molar-refractivity contribution in [1.82, 2.24) is 10.3 Å². The molecule has 1 heterocycles. The summed E-state index contributed by atoms with van der Waals surface area (Å²) in [6.07, 6.45) is 3.69. The van der Waals surface area contributed by atoms with E-state index in [-0.39, 0.29) is 24.3 Å². The van der Waals surface area contributed by atoms with Crippen molar-refractivity contribution in [2.45, 2.75) is 38.8 Å². The van der Waals surface area contributed by atoms with Crippen LogP contribution in [0.1, 0.15) is 37.6 Å². The largest absolute Gasteiger partial charge is 0.445 e. The topological polar surface area (TPSA) is 123 Å². The van der Waals surface area contributed by atoms with Crippen LogP contribution >= 0.6 is 0 Å². The molecule has 0 aliphatic heterocycles. The van der Waals surface area contributed by atoms with Gasteiger partial charge in [-0.15, -0.1) is 0 Å². The lowest BCUT2D eigenvalue weighted by atomic mass is 9.77. The van der Waals surface area contributed by atoms with Gasteiger partial charge in [0.05, 0.1) is 12.0 Å². The Morgan fingerprint density at radius 2 is 1.97 bits per heavy atom. The van der Waals surface area contributed by atoms with Gasteiger partial charge >= 0.3 is 6.09 Å². The number of oxazole rings is 1. The third-order valence-electron chi connectivity index (χ3n) is 6.18. The molecule has 2 aromatic carbocycles. The molecule has 4 N–H and O–H groups in total. The van der Waals surface area contributed by atoms with Crippen LogP contribution in [-0.2, 0) is 11.3 Å². The SMILES string of the molecule is CC1=CC=C(C(N)=NO)CC1[C@H](NC(=O)OCc1ccccc1)C(C)c1nc2ccccc2o1. The average Bonchev–Trinajstić information content (AvgIpc) is 3.31. The van der Waals surface area contributed by atoms with Crippen LogP contribution < -0.4 is 11.1 Å². The molecule has 4 rings (SSSR count). The summed E-state index contributed by atoms with van der Waals surface area (Å²) < 4.78 is 11.5. The highest BCUT2D eigenvalue weighted by Gasteiger charge is 2.35. The summed E-state index contributed by atoms with van der Waals surface area (Å²) in [7, 11) is 0. The standard InChI is InChI=1S/C26H28N4O4/c1-16-12-13-19(24(27)30-32)14-20(16)23(29-26(31)33-15-18-8-4-3-5-9-18)17(2)25-28-21-10-6-7-11-22(21)34-25/h3-13,17,20,23,32H,14-15H2,1-2H3,(H2,27,30)(H,29,31)/t17?,20?,23-/m1/s1. The number of aromatic nitrogens is 1. The molecule has 0 radical (unpaired) electrons. The molecule has 0 spiro atoms. The first-order valence-corrected chi connectivity index (χ1v) is 11.1. The average molecular weight is 461 g/mol. The molecule has 1 aromatic heterocycles. The minimum absolute atomic E-state index is 0.0497. The van der Waals surface area contributed by atoms with Gasteiger partial charge in [-0.1, -0.05) is 72.3 Å². The van der Waals surface area contributed by atoms with E-state index in [4.69, 9.17) is 20.1 Å². The van der Waals surface area contributed by atoms with Crippen LogP contribution in [-0.4, -0.2) is 28.2 Å². The van der Waals surface area contributed by atoms with Crippen molar-refractivity contribution in [3.05, 3.63) is 89.3 Å². The van der Waals surface area contributed by atoms with E-state index in [1.807, 2.05) is 80.6 Å². The van der Waals surface area contributed by atoms with E-state index < -0.39 is 12.1 Å². The van der Waals surface area contributed by atoms with Crippen LogP contribution in [0.15, 0.2) is 87.5 Å². The Kier molecular flexibility index (Phi) is 6.96. The van der Waals surface area contributed by atoms with Crippen LogP contribution in [0, 0.1) is 5.92 Å². The number of fused-ring (bicyclic) bond motifs is 1. The molecule has 1 amide bonds. The number of ether oxygens (including phenoxy) is 1. The van der Waals surface area contributed by atoms with Gasteiger partial charge in [-0.2, -0.15) is 0 Å². The Labute approximate surface area is 197 Å². The van der Waals surface area contributed by atoms with Gasteiger partial charge in [0.1, 0.15) is 12.1 Å². The lowest BCUT2D eigenvalue weighted by molar-refractivity contribution is 0.129.